The van der Waals surface area contributed by atoms with Gasteiger partial charge >= 0.3 is 6.29 Å². The molecule has 4 rings (SSSR count). The van der Waals surface area contributed by atoms with Crippen LogP contribution in [0.15, 0.2) is 41.4 Å². The van der Waals surface area contributed by atoms with Gasteiger partial charge in [-0.3, -0.25) is 9.79 Å². The summed E-state index contributed by atoms with van der Waals surface area (Å²) in [5.41, 5.74) is 5.53. The number of ether oxygens (including phenoxy) is 2. The predicted octanol–water partition coefficient (Wildman–Crippen LogP) is 4.07. The molecule has 3 N–H and O–H groups in total. The van der Waals surface area contributed by atoms with Crippen LogP contribution in [0.2, 0.25) is 0 Å². The third-order valence-corrected chi connectivity index (χ3v) is 5.50. The number of benzene rings is 2. The van der Waals surface area contributed by atoms with Crippen LogP contribution >= 0.6 is 11.8 Å². The Morgan fingerprint density at radius 3 is 2.83 bits per heavy atom. The number of amides is 1. The molecule has 1 unspecified atom stereocenters. The highest BCUT2D eigenvalue weighted by Crippen LogP contribution is 2.43. The highest BCUT2D eigenvalue weighted by Gasteiger charge is 2.45. The van der Waals surface area contributed by atoms with Gasteiger partial charge in [0.25, 0.3) is 5.91 Å². The fourth-order valence-electron chi connectivity index (χ4n) is 3.19. The number of alkyl halides is 2. The molecular formula is C19H16F3N3O3S. The third kappa shape index (κ3) is 3.71. The summed E-state index contributed by atoms with van der Waals surface area (Å²) < 4.78 is 49.8. The number of rotatable bonds is 3. The summed E-state index contributed by atoms with van der Waals surface area (Å²) in [5.74, 6) is -1.41. The molecule has 0 spiro atoms. The number of carbonyl (C=O) groups excluding carboxylic acids is 1. The molecule has 0 saturated heterocycles. The highest BCUT2D eigenvalue weighted by atomic mass is 32.2. The van der Waals surface area contributed by atoms with Gasteiger partial charge in [-0.1, -0.05) is 23.9 Å². The van der Waals surface area contributed by atoms with Gasteiger partial charge in [-0.2, -0.15) is 0 Å². The summed E-state index contributed by atoms with van der Waals surface area (Å²) in [6.45, 7) is 1.87. The zero-order chi connectivity index (χ0) is 20.8. The molecule has 0 fully saturated rings. The van der Waals surface area contributed by atoms with Crippen LogP contribution in [0, 0.1) is 5.82 Å². The predicted molar refractivity (Wildman–Crippen MR) is 103 cm³/mol. The molecule has 152 valence electrons. The van der Waals surface area contributed by atoms with E-state index in [2.05, 4.69) is 19.8 Å². The summed E-state index contributed by atoms with van der Waals surface area (Å²) in [4.78, 5) is 17.1. The largest absolute Gasteiger partial charge is 0.586 e. The lowest BCUT2D eigenvalue weighted by Crippen LogP contribution is -2.29. The number of anilines is 1. The number of carbonyl (C=O) groups is 1. The van der Waals surface area contributed by atoms with Crippen molar-refractivity contribution in [3.8, 4) is 11.5 Å². The van der Waals surface area contributed by atoms with Crippen LogP contribution < -0.4 is 20.5 Å². The first-order valence-electron chi connectivity index (χ1n) is 8.65. The number of thioether (sulfide) groups is 1. The molecule has 0 radical (unpaired) electrons. The number of hydrogen-bond donors (Lipinski definition) is 2. The Kier molecular flexibility index (Phi) is 4.60. The Hall–Kier alpha value is -2.88. The second-order valence-electron chi connectivity index (χ2n) is 6.77. The van der Waals surface area contributed by atoms with Crippen LogP contribution in [0.25, 0.3) is 0 Å². The van der Waals surface area contributed by atoms with E-state index >= 15 is 0 Å². The monoisotopic (exact) mass is 423 g/mol. The Bertz CT molecular complexity index is 1030. The van der Waals surface area contributed by atoms with Crippen molar-refractivity contribution in [1.29, 1.82) is 0 Å². The summed E-state index contributed by atoms with van der Waals surface area (Å²) in [7, 11) is 0. The molecule has 29 heavy (non-hydrogen) atoms. The van der Waals surface area contributed by atoms with Gasteiger partial charge in [0.15, 0.2) is 16.7 Å². The fourth-order valence-corrected chi connectivity index (χ4v) is 4.16. The zero-order valence-corrected chi connectivity index (χ0v) is 16.0. The number of para-hydroxylation sites is 1. The maximum atomic E-state index is 14.4. The van der Waals surface area contributed by atoms with Gasteiger partial charge < -0.3 is 20.5 Å². The van der Waals surface area contributed by atoms with E-state index in [-0.39, 0.29) is 17.0 Å². The lowest BCUT2D eigenvalue weighted by molar-refractivity contribution is -0.286. The molecule has 2 heterocycles. The van der Waals surface area contributed by atoms with Crippen LogP contribution in [-0.4, -0.2) is 23.1 Å². The Labute approximate surface area is 168 Å². The Morgan fingerprint density at radius 2 is 2.07 bits per heavy atom. The van der Waals surface area contributed by atoms with Crippen molar-refractivity contribution in [2.24, 2.45) is 10.7 Å². The molecule has 2 aromatic carbocycles. The second kappa shape index (κ2) is 6.87. The first kappa shape index (κ1) is 19.4. The topological polar surface area (TPSA) is 85.9 Å². The van der Waals surface area contributed by atoms with E-state index in [1.807, 2.05) is 6.92 Å². The summed E-state index contributed by atoms with van der Waals surface area (Å²) in [6.07, 6.45) is -3.18. The normalized spacial score (nSPS) is 22.1. The van der Waals surface area contributed by atoms with Gasteiger partial charge in [0.2, 0.25) is 0 Å². The minimum atomic E-state index is -3.87. The Balaban J connectivity index is 1.64. The van der Waals surface area contributed by atoms with Gasteiger partial charge in [-0.15, -0.1) is 8.78 Å². The number of halogens is 3. The number of nitrogens with zero attached hydrogens (tertiary/aromatic N) is 1. The van der Waals surface area contributed by atoms with E-state index in [4.69, 9.17) is 5.73 Å². The summed E-state index contributed by atoms with van der Waals surface area (Å²) >= 11 is 1.44. The summed E-state index contributed by atoms with van der Waals surface area (Å²) in [5, 5.41) is 2.85. The van der Waals surface area contributed by atoms with Crippen molar-refractivity contribution < 1.29 is 27.4 Å². The van der Waals surface area contributed by atoms with Crippen LogP contribution in [0.3, 0.4) is 0 Å². The molecular weight excluding hydrogens is 407 g/mol. The molecule has 0 aromatic heterocycles. The van der Waals surface area contributed by atoms with Gasteiger partial charge in [0, 0.05) is 5.75 Å². The highest BCUT2D eigenvalue weighted by molar-refractivity contribution is 8.13. The number of nitrogens with one attached hydrogen (secondary N) is 1. The smallest absolute Gasteiger partial charge is 0.395 e. The van der Waals surface area contributed by atoms with Crippen LogP contribution in [-0.2, 0) is 5.54 Å². The molecule has 0 saturated carbocycles. The minimum Gasteiger partial charge on any atom is -0.395 e. The molecule has 10 heteroatoms. The quantitative estimate of drug-likeness (QED) is 0.778. The van der Waals surface area contributed by atoms with Crippen molar-refractivity contribution in [1.82, 2.24) is 0 Å². The molecule has 1 amide bonds. The van der Waals surface area contributed by atoms with Crippen LogP contribution in [0.4, 0.5) is 18.9 Å². The van der Waals surface area contributed by atoms with E-state index in [0.717, 1.165) is 5.75 Å². The van der Waals surface area contributed by atoms with Gasteiger partial charge in [-0.25, -0.2) is 4.39 Å². The van der Waals surface area contributed by atoms with E-state index < -0.39 is 29.3 Å². The molecule has 6 nitrogen and oxygen atoms in total. The van der Waals surface area contributed by atoms with E-state index in [0.29, 0.717) is 17.2 Å². The Morgan fingerprint density at radius 1 is 1.28 bits per heavy atom. The molecule has 2 aliphatic rings. The van der Waals surface area contributed by atoms with Crippen molar-refractivity contribution in [3.05, 3.63) is 53.3 Å². The minimum absolute atomic E-state index is 0.107. The van der Waals surface area contributed by atoms with E-state index in [1.54, 1.807) is 6.07 Å². The maximum Gasteiger partial charge on any atom is 0.586 e. The van der Waals surface area contributed by atoms with Gasteiger partial charge in [-0.05, 0) is 43.2 Å². The SMILES string of the molecule is CC1(c2ccc(F)c(NC(=O)c3cccc4c3OC(F)(F)O4)c2)CCSC(N)=N1. The third-order valence-electron chi connectivity index (χ3n) is 4.71. The maximum absolute atomic E-state index is 14.4. The van der Waals surface area contributed by atoms with Gasteiger partial charge in [0.05, 0.1) is 16.8 Å². The average Bonchev–Trinajstić information content (AvgIpc) is 2.96. The van der Waals surface area contributed by atoms with E-state index in [1.165, 1.54) is 42.1 Å². The molecule has 0 aliphatic carbocycles. The molecule has 0 bridgehead atoms. The zero-order valence-electron chi connectivity index (χ0n) is 15.2. The number of fused-ring (bicyclic) bond motifs is 1. The molecule has 1 atom stereocenters. The van der Waals surface area contributed by atoms with Crippen LogP contribution in [0.5, 0.6) is 11.5 Å². The standard InChI is InChI=1S/C19H16F3N3O3S/c1-18(7-8-29-17(23)25-18)10-5-6-12(20)13(9-10)24-16(26)11-3-2-4-14-15(11)28-19(21,22)27-14/h2-6,9H,7-8H2,1H3,(H2,23,25)(H,24,26). The second-order valence-corrected chi connectivity index (χ2v) is 7.89. The lowest BCUT2D eigenvalue weighted by atomic mass is 9.89. The van der Waals surface area contributed by atoms with Crippen molar-refractivity contribution >= 4 is 28.5 Å². The van der Waals surface area contributed by atoms with Crippen molar-refractivity contribution in [2.45, 2.75) is 25.2 Å². The number of aliphatic imine (C=N–C) groups is 1. The fraction of sp³-hybridized carbons (Fsp3) is 0.263. The van der Waals surface area contributed by atoms with Crippen molar-refractivity contribution in [3.63, 3.8) is 0 Å². The summed E-state index contributed by atoms with van der Waals surface area (Å²) in [6, 6.07) is 8.16. The van der Waals surface area contributed by atoms with Crippen LogP contribution in [0.1, 0.15) is 29.3 Å². The van der Waals surface area contributed by atoms with Crippen molar-refractivity contribution in [2.75, 3.05) is 11.1 Å². The number of hydrogen-bond acceptors (Lipinski definition) is 6. The first-order chi connectivity index (χ1) is 13.7. The first-order valence-corrected chi connectivity index (χ1v) is 9.64. The molecule has 2 aliphatic heterocycles. The number of nitrogens with two attached hydrogens (primary N) is 1. The molecule has 2 aromatic rings. The number of amidine groups is 1. The average molecular weight is 423 g/mol. The van der Waals surface area contributed by atoms with E-state index in [9.17, 15) is 18.0 Å². The lowest BCUT2D eigenvalue weighted by Gasteiger charge is -2.30. The van der Waals surface area contributed by atoms with Gasteiger partial charge in [0.1, 0.15) is 5.82 Å².